The number of para-hydroxylation sites is 2. The molecule has 0 saturated carbocycles. The van der Waals surface area contributed by atoms with Crippen LogP contribution in [0.2, 0.25) is 0 Å². The summed E-state index contributed by atoms with van der Waals surface area (Å²) in [6.07, 6.45) is 3.99. The van der Waals surface area contributed by atoms with Gasteiger partial charge in [0.25, 0.3) is 0 Å². The Morgan fingerprint density at radius 3 is 2.57 bits per heavy atom. The summed E-state index contributed by atoms with van der Waals surface area (Å²) in [5, 5.41) is 2.81. The Balaban J connectivity index is 1.68. The number of halogens is 2. The summed E-state index contributed by atoms with van der Waals surface area (Å²) in [5.74, 6) is -0.606. The molecule has 0 bridgehead atoms. The largest absolute Gasteiger partial charge is 0.434 e. The lowest BCUT2D eigenvalue weighted by molar-refractivity contribution is -0.132. The number of likely N-dealkylation sites (tertiary alicyclic amines) is 1. The number of anilines is 1. The molecule has 0 spiro atoms. The molecule has 1 aliphatic heterocycles. The van der Waals surface area contributed by atoms with E-state index in [1.54, 1.807) is 30.3 Å². The van der Waals surface area contributed by atoms with Gasteiger partial charge in [-0.3, -0.25) is 9.59 Å². The third-order valence-electron chi connectivity index (χ3n) is 4.42. The number of alkyl halides is 2. The van der Waals surface area contributed by atoms with Crippen molar-refractivity contribution in [2.24, 2.45) is 0 Å². The van der Waals surface area contributed by atoms with Crippen molar-refractivity contribution in [1.82, 2.24) is 4.90 Å². The van der Waals surface area contributed by atoms with Crippen LogP contribution in [0.5, 0.6) is 5.75 Å². The first-order valence-corrected chi connectivity index (χ1v) is 8.93. The molecule has 1 aliphatic rings. The normalized spacial score (nSPS) is 16.5. The molecule has 3 rings (SSSR count). The fourth-order valence-electron chi connectivity index (χ4n) is 3.13. The molecule has 2 amide bonds. The smallest absolute Gasteiger partial charge is 0.387 e. The van der Waals surface area contributed by atoms with Crippen LogP contribution in [0, 0.1) is 0 Å². The van der Waals surface area contributed by atoms with Crippen molar-refractivity contribution >= 4 is 23.6 Å². The predicted octanol–water partition coefficient (Wildman–Crippen LogP) is 3.93. The van der Waals surface area contributed by atoms with Crippen molar-refractivity contribution in [3.05, 3.63) is 66.2 Å². The molecule has 0 aliphatic carbocycles. The zero-order chi connectivity index (χ0) is 19.9. The molecule has 1 unspecified atom stereocenters. The molecular weight excluding hydrogens is 366 g/mol. The van der Waals surface area contributed by atoms with Crippen LogP contribution in [0.4, 0.5) is 14.5 Å². The van der Waals surface area contributed by atoms with Crippen LogP contribution in [0.15, 0.2) is 60.7 Å². The van der Waals surface area contributed by atoms with Crippen LogP contribution < -0.4 is 10.1 Å². The van der Waals surface area contributed by atoms with Gasteiger partial charge in [-0.2, -0.15) is 8.78 Å². The van der Waals surface area contributed by atoms with Crippen molar-refractivity contribution in [2.75, 3.05) is 11.9 Å². The highest BCUT2D eigenvalue weighted by atomic mass is 19.3. The minimum absolute atomic E-state index is 0.0126. The highest BCUT2D eigenvalue weighted by Crippen LogP contribution is 2.23. The van der Waals surface area contributed by atoms with Gasteiger partial charge in [0, 0.05) is 23.9 Å². The van der Waals surface area contributed by atoms with Gasteiger partial charge in [0.15, 0.2) is 0 Å². The minimum Gasteiger partial charge on any atom is -0.434 e. The maximum atomic E-state index is 12.6. The molecule has 2 aromatic rings. The standard InChI is InChI=1S/C21H20F2N2O3/c22-21(23)28-18-11-5-4-7-15(18)12-13-19(26)25-14-6-10-17(25)20(27)24-16-8-2-1-3-9-16/h1-5,7-9,11-13,17,21H,6,10,14H2,(H,24,27)/b13-12+. The van der Waals surface area contributed by atoms with Crippen LogP contribution in [-0.2, 0) is 9.59 Å². The van der Waals surface area contributed by atoms with E-state index in [0.29, 0.717) is 24.2 Å². The summed E-state index contributed by atoms with van der Waals surface area (Å²) >= 11 is 0. The molecule has 5 nitrogen and oxygen atoms in total. The number of nitrogens with zero attached hydrogens (tertiary/aromatic N) is 1. The number of carbonyl (C=O) groups excluding carboxylic acids is 2. The van der Waals surface area contributed by atoms with Gasteiger partial charge in [0.05, 0.1) is 0 Å². The van der Waals surface area contributed by atoms with Gasteiger partial charge in [0.1, 0.15) is 11.8 Å². The van der Waals surface area contributed by atoms with E-state index in [9.17, 15) is 18.4 Å². The summed E-state index contributed by atoms with van der Waals surface area (Å²) in [5.41, 5.74) is 1.03. The monoisotopic (exact) mass is 386 g/mol. The van der Waals surface area contributed by atoms with Gasteiger partial charge in [-0.05, 0) is 37.1 Å². The molecule has 7 heteroatoms. The fraction of sp³-hybridized carbons (Fsp3) is 0.238. The van der Waals surface area contributed by atoms with Crippen LogP contribution in [0.3, 0.4) is 0 Å². The Kier molecular flexibility index (Phi) is 6.37. The summed E-state index contributed by atoms with van der Waals surface area (Å²) in [4.78, 5) is 26.6. The highest BCUT2D eigenvalue weighted by Gasteiger charge is 2.33. The molecule has 146 valence electrons. The van der Waals surface area contributed by atoms with Crippen molar-refractivity contribution in [3.8, 4) is 5.75 Å². The van der Waals surface area contributed by atoms with Gasteiger partial charge in [-0.25, -0.2) is 0 Å². The van der Waals surface area contributed by atoms with Crippen molar-refractivity contribution in [2.45, 2.75) is 25.5 Å². The average Bonchev–Trinajstić information content (AvgIpc) is 3.17. The number of carbonyl (C=O) groups is 2. The highest BCUT2D eigenvalue weighted by molar-refractivity contribution is 6.00. The van der Waals surface area contributed by atoms with E-state index >= 15 is 0 Å². The molecule has 2 aromatic carbocycles. The topological polar surface area (TPSA) is 58.6 Å². The summed E-state index contributed by atoms with van der Waals surface area (Å²) in [7, 11) is 0. The summed E-state index contributed by atoms with van der Waals surface area (Å²) in [6, 6.07) is 14.7. The van der Waals surface area contributed by atoms with Gasteiger partial charge >= 0.3 is 6.61 Å². The second kappa shape index (κ2) is 9.12. The maximum absolute atomic E-state index is 12.6. The first-order chi connectivity index (χ1) is 13.5. The van der Waals surface area contributed by atoms with E-state index in [-0.39, 0.29) is 17.6 Å². The van der Waals surface area contributed by atoms with E-state index in [1.165, 1.54) is 23.1 Å². The number of ether oxygens (including phenoxy) is 1. The summed E-state index contributed by atoms with van der Waals surface area (Å²) < 4.78 is 29.5. The van der Waals surface area contributed by atoms with Gasteiger partial charge < -0.3 is 15.0 Å². The van der Waals surface area contributed by atoms with Crippen LogP contribution in [0.1, 0.15) is 18.4 Å². The SMILES string of the molecule is O=C(Nc1ccccc1)C1CCCN1C(=O)/C=C/c1ccccc1OC(F)F. The van der Waals surface area contributed by atoms with E-state index in [0.717, 1.165) is 6.42 Å². The fourth-order valence-corrected chi connectivity index (χ4v) is 3.13. The lowest BCUT2D eigenvalue weighted by atomic mass is 10.1. The van der Waals surface area contributed by atoms with E-state index in [4.69, 9.17) is 0 Å². The van der Waals surface area contributed by atoms with Crippen molar-refractivity contribution in [1.29, 1.82) is 0 Å². The number of hydrogen-bond donors (Lipinski definition) is 1. The lowest BCUT2D eigenvalue weighted by Gasteiger charge is -2.22. The lowest BCUT2D eigenvalue weighted by Crippen LogP contribution is -2.42. The first kappa shape index (κ1) is 19.5. The number of rotatable bonds is 6. The molecule has 28 heavy (non-hydrogen) atoms. The third kappa shape index (κ3) is 4.94. The molecule has 1 saturated heterocycles. The second-order valence-electron chi connectivity index (χ2n) is 6.29. The number of benzene rings is 2. The van der Waals surface area contributed by atoms with Crippen LogP contribution in [-0.4, -0.2) is 35.9 Å². The minimum atomic E-state index is -2.95. The van der Waals surface area contributed by atoms with E-state index in [2.05, 4.69) is 10.1 Å². The average molecular weight is 386 g/mol. The van der Waals surface area contributed by atoms with Crippen LogP contribution in [0.25, 0.3) is 6.08 Å². The van der Waals surface area contributed by atoms with Crippen molar-refractivity contribution in [3.63, 3.8) is 0 Å². The summed E-state index contributed by atoms with van der Waals surface area (Å²) in [6.45, 7) is -2.49. The molecule has 1 N–H and O–H groups in total. The maximum Gasteiger partial charge on any atom is 0.387 e. The predicted molar refractivity (Wildman–Crippen MR) is 102 cm³/mol. The van der Waals surface area contributed by atoms with Gasteiger partial charge in [0.2, 0.25) is 11.8 Å². The van der Waals surface area contributed by atoms with E-state index in [1.807, 2.05) is 18.2 Å². The zero-order valence-corrected chi connectivity index (χ0v) is 15.1. The number of amides is 2. The Morgan fingerprint density at radius 1 is 1.11 bits per heavy atom. The third-order valence-corrected chi connectivity index (χ3v) is 4.42. The van der Waals surface area contributed by atoms with E-state index < -0.39 is 12.7 Å². The molecule has 0 radical (unpaired) electrons. The number of hydrogen-bond acceptors (Lipinski definition) is 3. The molecule has 1 atom stereocenters. The Bertz CT molecular complexity index is 856. The Labute approximate surface area is 161 Å². The molecule has 0 aromatic heterocycles. The van der Waals surface area contributed by atoms with Gasteiger partial charge in [-0.15, -0.1) is 0 Å². The second-order valence-corrected chi connectivity index (χ2v) is 6.29. The Morgan fingerprint density at radius 2 is 1.82 bits per heavy atom. The molecule has 1 fully saturated rings. The van der Waals surface area contributed by atoms with Crippen molar-refractivity contribution < 1.29 is 23.1 Å². The molecule has 1 heterocycles. The van der Waals surface area contributed by atoms with Gasteiger partial charge in [-0.1, -0.05) is 36.4 Å². The quantitative estimate of drug-likeness (QED) is 0.766. The Hall–Kier alpha value is -3.22. The van der Waals surface area contributed by atoms with Crippen LogP contribution >= 0.6 is 0 Å². The zero-order valence-electron chi connectivity index (χ0n) is 15.1. The molecular formula is C21H20F2N2O3. The first-order valence-electron chi connectivity index (χ1n) is 8.93. The number of nitrogens with one attached hydrogen (secondary N) is 1.